The van der Waals surface area contributed by atoms with Gasteiger partial charge in [0.05, 0.1) is 5.69 Å². The number of hydrogen-bond donors (Lipinski definition) is 1. The zero-order valence-electron chi connectivity index (χ0n) is 8.83. The number of anilines is 1. The Morgan fingerprint density at radius 3 is 2.93 bits per heavy atom. The summed E-state index contributed by atoms with van der Waals surface area (Å²) in [5, 5.41) is 3.28. The van der Waals surface area contributed by atoms with Crippen LogP contribution in [0.1, 0.15) is 18.3 Å². The monoisotopic (exact) mass is 189 g/mol. The molecule has 3 heteroatoms. The van der Waals surface area contributed by atoms with E-state index in [-0.39, 0.29) is 0 Å². The molecule has 0 aliphatic carbocycles. The molecular formula is C11H15N3. The van der Waals surface area contributed by atoms with Gasteiger partial charge < -0.3 is 9.72 Å². The van der Waals surface area contributed by atoms with E-state index in [1.165, 1.54) is 5.69 Å². The predicted molar refractivity (Wildman–Crippen MR) is 58.8 cm³/mol. The molecule has 0 amide bonds. The van der Waals surface area contributed by atoms with E-state index in [0.29, 0.717) is 0 Å². The van der Waals surface area contributed by atoms with Crippen LogP contribution >= 0.6 is 0 Å². The second-order valence-electron chi connectivity index (χ2n) is 3.46. The van der Waals surface area contributed by atoms with Crippen molar-refractivity contribution < 1.29 is 0 Å². The molecule has 0 unspecified atom stereocenters. The van der Waals surface area contributed by atoms with Crippen LogP contribution in [0, 0.1) is 13.8 Å². The van der Waals surface area contributed by atoms with Gasteiger partial charge in [0.2, 0.25) is 0 Å². The van der Waals surface area contributed by atoms with Crippen LogP contribution in [-0.2, 0) is 0 Å². The quantitative estimate of drug-likeness (QED) is 0.786. The van der Waals surface area contributed by atoms with Gasteiger partial charge in [-0.25, -0.2) is 4.98 Å². The molecule has 0 aromatic carbocycles. The van der Waals surface area contributed by atoms with E-state index < -0.39 is 0 Å². The SMILES string of the molecule is CCNc1ccn2c(C)c(C)nc2c1. The van der Waals surface area contributed by atoms with Crippen molar-refractivity contribution in [3.8, 4) is 0 Å². The highest BCUT2D eigenvalue weighted by atomic mass is 15.0. The molecule has 14 heavy (non-hydrogen) atoms. The summed E-state index contributed by atoms with van der Waals surface area (Å²) in [5.74, 6) is 0. The van der Waals surface area contributed by atoms with Gasteiger partial charge in [-0.1, -0.05) is 0 Å². The molecule has 0 saturated heterocycles. The van der Waals surface area contributed by atoms with Gasteiger partial charge in [0.15, 0.2) is 0 Å². The molecule has 0 saturated carbocycles. The van der Waals surface area contributed by atoms with Gasteiger partial charge in [-0.15, -0.1) is 0 Å². The minimum atomic E-state index is 0.939. The maximum absolute atomic E-state index is 4.48. The van der Waals surface area contributed by atoms with Crippen LogP contribution in [0.5, 0.6) is 0 Å². The molecular weight excluding hydrogens is 174 g/mol. The number of pyridine rings is 1. The van der Waals surface area contributed by atoms with Crippen molar-refractivity contribution in [3.05, 3.63) is 29.7 Å². The molecule has 0 aliphatic heterocycles. The first-order chi connectivity index (χ1) is 6.72. The Kier molecular flexibility index (Phi) is 2.15. The predicted octanol–water partition coefficient (Wildman–Crippen LogP) is 2.38. The Hall–Kier alpha value is -1.51. The Balaban J connectivity index is 2.56. The van der Waals surface area contributed by atoms with Crippen LogP contribution in [0.15, 0.2) is 18.3 Å². The Bertz CT molecular complexity index is 457. The average Bonchev–Trinajstić information content (AvgIpc) is 2.43. The van der Waals surface area contributed by atoms with E-state index in [0.717, 1.165) is 23.6 Å². The van der Waals surface area contributed by atoms with Crippen molar-refractivity contribution in [2.24, 2.45) is 0 Å². The van der Waals surface area contributed by atoms with Gasteiger partial charge in [0, 0.05) is 30.2 Å². The lowest BCUT2D eigenvalue weighted by atomic mass is 10.3. The van der Waals surface area contributed by atoms with Crippen molar-refractivity contribution in [1.29, 1.82) is 0 Å². The Morgan fingerprint density at radius 2 is 2.21 bits per heavy atom. The maximum Gasteiger partial charge on any atom is 0.139 e. The summed E-state index contributed by atoms with van der Waals surface area (Å²) in [6.45, 7) is 7.15. The van der Waals surface area contributed by atoms with Gasteiger partial charge in [0.25, 0.3) is 0 Å². The van der Waals surface area contributed by atoms with Crippen LogP contribution in [0.3, 0.4) is 0 Å². The van der Waals surface area contributed by atoms with E-state index in [1.54, 1.807) is 0 Å². The molecule has 0 fully saturated rings. The summed E-state index contributed by atoms with van der Waals surface area (Å²) in [5.41, 5.74) is 4.45. The van der Waals surface area contributed by atoms with Gasteiger partial charge in [0.1, 0.15) is 5.65 Å². The number of rotatable bonds is 2. The van der Waals surface area contributed by atoms with Gasteiger partial charge >= 0.3 is 0 Å². The molecule has 2 heterocycles. The van der Waals surface area contributed by atoms with E-state index in [1.807, 2.05) is 6.92 Å². The lowest BCUT2D eigenvalue weighted by Gasteiger charge is -2.03. The largest absolute Gasteiger partial charge is 0.385 e. The fraction of sp³-hybridized carbons (Fsp3) is 0.364. The molecule has 0 atom stereocenters. The fourth-order valence-electron chi connectivity index (χ4n) is 1.60. The maximum atomic E-state index is 4.48. The second kappa shape index (κ2) is 3.33. The number of aryl methyl sites for hydroxylation is 2. The summed E-state index contributed by atoms with van der Waals surface area (Å²) in [7, 11) is 0. The number of hydrogen-bond acceptors (Lipinski definition) is 2. The third-order valence-electron chi connectivity index (χ3n) is 2.48. The highest BCUT2D eigenvalue weighted by molar-refractivity contribution is 5.55. The van der Waals surface area contributed by atoms with Crippen molar-refractivity contribution in [2.45, 2.75) is 20.8 Å². The van der Waals surface area contributed by atoms with Crippen LogP contribution in [0.4, 0.5) is 5.69 Å². The van der Waals surface area contributed by atoms with E-state index in [2.05, 4.69) is 46.9 Å². The van der Waals surface area contributed by atoms with Crippen molar-refractivity contribution >= 4 is 11.3 Å². The molecule has 2 aromatic rings. The number of fused-ring (bicyclic) bond motifs is 1. The Morgan fingerprint density at radius 1 is 1.43 bits per heavy atom. The normalized spacial score (nSPS) is 10.8. The van der Waals surface area contributed by atoms with Crippen molar-refractivity contribution in [3.63, 3.8) is 0 Å². The molecule has 2 rings (SSSR count). The third kappa shape index (κ3) is 1.35. The van der Waals surface area contributed by atoms with Crippen molar-refractivity contribution in [1.82, 2.24) is 9.38 Å². The standard InChI is InChI=1S/C11H15N3/c1-4-12-10-5-6-14-9(3)8(2)13-11(14)7-10/h5-7,12H,4H2,1-3H3. The lowest BCUT2D eigenvalue weighted by molar-refractivity contribution is 1.09. The van der Waals surface area contributed by atoms with Crippen LogP contribution in [0.25, 0.3) is 5.65 Å². The first-order valence-corrected chi connectivity index (χ1v) is 4.91. The minimum absolute atomic E-state index is 0.939. The van der Waals surface area contributed by atoms with Gasteiger partial charge in [-0.05, 0) is 26.8 Å². The number of nitrogens with zero attached hydrogens (tertiary/aromatic N) is 2. The summed E-state index contributed by atoms with van der Waals surface area (Å²) in [6, 6.07) is 4.15. The number of imidazole rings is 1. The lowest BCUT2D eigenvalue weighted by Crippen LogP contribution is -1.97. The van der Waals surface area contributed by atoms with Crippen LogP contribution in [-0.4, -0.2) is 15.9 Å². The van der Waals surface area contributed by atoms with Gasteiger partial charge in [-0.3, -0.25) is 0 Å². The van der Waals surface area contributed by atoms with Gasteiger partial charge in [-0.2, -0.15) is 0 Å². The molecule has 74 valence electrons. The summed E-state index contributed by atoms with van der Waals surface area (Å²) in [4.78, 5) is 4.48. The summed E-state index contributed by atoms with van der Waals surface area (Å²) >= 11 is 0. The molecule has 2 aromatic heterocycles. The highest BCUT2D eigenvalue weighted by Gasteiger charge is 2.03. The Labute approximate surface area is 83.8 Å². The zero-order chi connectivity index (χ0) is 10.1. The highest BCUT2D eigenvalue weighted by Crippen LogP contribution is 2.15. The molecule has 1 N–H and O–H groups in total. The topological polar surface area (TPSA) is 29.3 Å². The first kappa shape index (κ1) is 9.06. The summed E-state index contributed by atoms with van der Waals surface area (Å²) in [6.07, 6.45) is 2.06. The van der Waals surface area contributed by atoms with Crippen molar-refractivity contribution in [2.75, 3.05) is 11.9 Å². The fourth-order valence-corrected chi connectivity index (χ4v) is 1.60. The molecule has 0 aliphatic rings. The third-order valence-corrected chi connectivity index (χ3v) is 2.48. The second-order valence-corrected chi connectivity index (χ2v) is 3.46. The van der Waals surface area contributed by atoms with E-state index in [9.17, 15) is 0 Å². The molecule has 0 radical (unpaired) electrons. The minimum Gasteiger partial charge on any atom is -0.385 e. The smallest absolute Gasteiger partial charge is 0.139 e. The number of aromatic nitrogens is 2. The molecule has 0 bridgehead atoms. The van der Waals surface area contributed by atoms with E-state index in [4.69, 9.17) is 0 Å². The van der Waals surface area contributed by atoms with Crippen LogP contribution in [0.2, 0.25) is 0 Å². The average molecular weight is 189 g/mol. The zero-order valence-corrected chi connectivity index (χ0v) is 8.83. The number of nitrogens with one attached hydrogen (secondary N) is 1. The summed E-state index contributed by atoms with van der Waals surface area (Å²) < 4.78 is 2.11. The molecule has 0 spiro atoms. The van der Waals surface area contributed by atoms with Crippen LogP contribution < -0.4 is 5.32 Å². The first-order valence-electron chi connectivity index (χ1n) is 4.91. The van der Waals surface area contributed by atoms with E-state index >= 15 is 0 Å². The molecule has 3 nitrogen and oxygen atoms in total.